The van der Waals surface area contributed by atoms with E-state index in [0.717, 1.165) is 30.1 Å². The fourth-order valence-corrected chi connectivity index (χ4v) is 1.58. The molecule has 0 amide bonds. The van der Waals surface area contributed by atoms with Gasteiger partial charge in [0.05, 0.1) is 5.69 Å². The van der Waals surface area contributed by atoms with Crippen LogP contribution in [0.2, 0.25) is 0 Å². The number of anilines is 1. The first-order chi connectivity index (χ1) is 8.13. The molecule has 0 fully saturated rings. The van der Waals surface area contributed by atoms with Crippen molar-refractivity contribution in [2.75, 3.05) is 12.8 Å². The Labute approximate surface area is 99.5 Å². The summed E-state index contributed by atoms with van der Waals surface area (Å²) in [5.74, 6) is 1.12. The fraction of sp³-hybridized carbons (Fsp3) is 0.364. The fourth-order valence-electron chi connectivity index (χ4n) is 1.58. The monoisotopic (exact) mass is 233 g/mol. The van der Waals surface area contributed by atoms with E-state index in [-0.39, 0.29) is 0 Å². The second kappa shape index (κ2) is 4.92. The normalized spacial score (nSPS) is 11.0. The molecule has 0 aliphatic rings. The summed E-state index contributed by atoms with van der Waals surface area (Å²) >= 11 is 0. The minimum absolute atomic E-state index is 0.295. The maximum Gasteiger partial charge on any atom is 0.219 e. The highest BCUT2D eigenvalue weighted by molar-refractivity contribution is 5.17. The van der Waals surface area contributed by atoms with Crippen molar-refractivity contribution in [1.29, 1.82) is 0 Å². The molecule has 2 rings (SSSR count). The van der Waals surface area contributed by atoms with Gasteiger partial charge >= 0.3 is 0 Å². The predicted molar refractivity (Wildman–Crippen MR) is 62.9 cm³/mol. The molecule has 0 spiro atoms. The molecule has 0 aromatic carbocycles. The molecule has 2 aromatic rings. The minimum atomic E-state index is 0.295. The number of nitrogens with zero attached hydrogens (tertiary/aromatic N) is 4. The van der Waals surface area contributed by atoms with Gasteiger partial charge in [-0.1, -0.05) is 5.16 Å². The van der Waals surface area contributed by atoms with E-state index in [2.05, 4.69) is 20.0 Å². The van der Waals surface area contributed by atoms with E-state index in [1.54, 1.807) is 12.4 Å². The second-order valence-electron chi connectivity index (χ2n) is 4.05. The lowest BCUT2D eigenvalue weighted by Gasteiger charge is -2.14. The largest absolute Gasteiger partial charge is 0.368 e. The molecule has 2 N–H and O–H groups in total. The number of aryl methyl sites for hydroxylation is 1. The zero-order valence-corrected chi connectivity index (χ0v) is 9.92. The van der Waals surface area contributed by atoms with E-state index in [1.807, 2.05) is 20.0 Å². The first-order valence-corrected chi connectivity index (χ1v) is 5.30. The van der Waals surface area contributed by atoms with Gasteiger partial charge < -0.3 is 10.3 Å². The minimum Gasteiger partial charge on any atom is -0.368 e. The summed E-state index contributed by atoms with van der Waals surface area (Å²) in [6.45, 7) is 3.35. The van der Waals surface area contributed by atoms with Crippen LogP contribution in [0.15, 0.2) is 23.0 Å². The molecule has 17 heavy (non-hydrogen) atoms. The summed E-state index contributed by atoms with van der Waals surface area (Å²) in [6, 6.07) is 1.93. The summed E-state index contributed by atoms with van der Waals surface area (Å²) < 4.78 is 5.01. The molecule has 0 saturated heterocycles. The zero-order valence-electron chi connectivity index (χ0n) is 9.92. The van der Waals surface area contributed by atoms with Gasteiger partial charge in [0.25, 0.3) is 0 Å². The highest BCUT2D eigenvalue weighted by atomic mass is 16.5. The zero-order chi connectivity index (χ0) is 12.3. The van der Waals surface area contributed by atoms with Crippen LogP contribution in [0.1, 0.15) is 17.0 Å². The molecule has 6 nitrogen and oxygen atoms in total. The predicted octanol–water partition coefficient (Wildman–Crippen LogP) is 0.987. The van der Waals surface area contributed by atoms with E-state index >= 15 is 0 Å². The molecule has 0 radical (unpaired) electrons. The van der Waals surface area contributed by atoms with Gasteiger partial charge in [0.2, 0.25) is 5.95 Å². The molecular weight excluding hydrogens is 218 g/mol. The molecule has 2 heterocycles. The number of rotatable bonds is 4. The van der Waals surface area contributed by atoms with Crippen molar-refractivity contribution in [3.8, 4) is 0 Å². The Kier molecular flexibility index (Phi) is 3.34. The summed E-state index contributed by atoms with van der Waals surface area (Å²) in [6.07, 6.45) is 3.46. The third-order valence-corrected chi connectivity index (χ3v) is 2.29. The van der Waals surface area contributed by atoms with Crippen LogP contribution in [0.3, 0.4) is 0 Å². The molecule has 2 aromatic heterocycles. The third-order valence-electron chi connectivity index (χ3n) is 2.29. The van der Waals surface area contributed by atoms with Gasteiger partial charge in [-0.25, -0.2) is 9.97 Å². The van der Waals surface area contributed by atoms with Crippen molar-refractivity contribution in [3.05, 3.63) is 35.5 Å². The first kappa shape index (κ1) is 11.5. The number of hydrogen-bond donors (Lipinski definition) is 1. The molecule has 0 aliphatic heterocycles. The van der Waals surface area contributed by atoms with Gasteiger partial charge in [-0.05, 0) is 14.0 Å². The Balaban J connectivity index is 1.93. The Bertz CT molecular complexity index is 479. The van der Waals surface area contributed by atoms with Crippen molar-refractivity contribution in [3.63, 3.8) is 0 Å². The van der Waals surface area contributed by atoms with Crippen molar-refractivity contribution in [2.45, 2.75) is 20.0 Å². The first-order valence-electron chi connectivity index (χ1n) is 5.30. The number of hydrogen-bond acceptors (Lipinski definition) is 6. The number of nitrogen functional groups attached to an aromatic ring is 1. The summed E-state index contributed by atoms with van der Waals surface area (Å²) in [7, 11) is 2.00. The molecule has 0 bridgehead atoms. The van der Waals surface area contributed by atoms with Crippen molar-refractivity contribution in [2.24, 2.45) is 0 Å². The summed E-state index contributed by atoms with van der Waals surface area (Å²) in [5, 5.41) is 3.94. The van der Waals surface area contributed by atoms with Gasteiger partial charge in [0, 0.05) is 37.1 Å². The smallest absolute Gasteiger partial charge is 0.219 e. The number of nitrogens with two attached hydrogens (primary N) is 1. The van der Waals surface area contributed by atoms with Gasteiger partial charge in [-0.15, -0.1) is 0 Å². The van der Waals surface area contributed by atoms with Crippen LogP contribution >= 0.6 is 0 Å². The van der Waals surface area contributed by atoms with Crippen LogP contribution in [0.5, 0.6) is 0 Å². The Morgan fingerprint density at radius 2 is 2.00 bits per heavy atom. The van der Waals surface area contributed by atoms with E-state index in [1.165, 1.54) is 0 Å². The van der Waals surface area contributed by atoms with E-state index in [9.17, 15) is 0 Å². The molecule has 6 heteroatoms. The lowest BCUT2D eigenvalue weighted by molar-refractivity contribution is 0.301. The van der Waals surface area contributed by atoms with Gasteiger partial charge in [-0.3, -0.25) is 4.90 Å². The Morgan fingerprint density at radius 3 is 2.59 bits per heavy atom. The Hall–Kier alpha value is -1.95. The highest BCUT2D eigenvalue weighted by Crippen LogP contribution is 2.07. The van der Waals surface area contributed by atoms with E-state index in [4.69, 9.17) is 10.3 Å². The third kappa shape index (κ3) is 3.25. The SMILES string of the molecule is Cc1cc(CN(C)Cc2cnc(N)nc2)no1. The molecular formula is C11H15N5O. The van der Waals surface area contributed by atoms with Crippen LogP contribution < -0.4 is 5.73 Å². The number of aromatic nitrogens is 3. The summed E-state index contributed by atoms with van der Waals surface area (Å²) in [5.41, 5.74) is 7.36. The van der Waals surface area contributed by atoms with Crippen LogP contribution in [0, 0.1) is 6.92 Å². The van der Waals surface area contributed by atoms with Crippen LogP contribution in [-0.2, 0) is 13.1 Å². The molecule has 0 aliphatic carbocycles. The quantitative estimate of drug-likeness (QED) is 0.848. The van der Waals surface area contributed by atoms with Gasteiger partial charge in [-0.2, -0.15) is 0 Å². The van der Waals surface area contributed by atoms with E-state index < -0.39 is 0 Å². The maximum absolute atomic E-state index is 5.43. The standard InChI is InChI=1S/C11H15N5O/c1-8-3-10(15-17-8)7-16(2)6-9-4-13-11(12)14-5-9/h3-5H,6-7H2,1-2H3,(H2,12,13,14). The van der Waals surface area contributed by atoms with Crippen molar-refractivity contribution >= 4 is 5.95 Å². The maximum atomic E-state index is 5.43. The average Bonchev–Trinajstić information content (AvgIpc) is 2.67. The molecule has 90 valence electrons. The second-order valence-corrected chi connectivity index (χ2v) is 4.05. The van der Waals surface area contributed by atoms with Crippen molar-refractivity contribution in [1.82, 2.24) is 20.0 Å². The highest BCUT2D eigenvalue weighted by Gasteiger charge is 2.06. The van der Waals surface area contributed by atoms with Crippen molar-refractivity contribution < 1.29 is 4.52 Å². The Morgan fingerprint density at radius 1 is 1.29 bits per heavy atom. The van der Waals surface area contributed by atoms with E-state index in [0.29, 0.717) is 5.95 Å². The average molecular weight is 233 g/mol. The van der Waals surface area contributed by atoms with Crippen LogP contribution in [-0.4, -0.2) is 27.1 Å². The lowest BCUT2D eigenvalue weighted by atomic mass is 10.3. The summed E-state index contributed by atoms with van der Waals surface area (Å²) in [4.78, 5) is 10.0. The molecule has 0 saturated carbocycles. The van der Waals surface area contributed by atoms with Crippen LogP contribution in [0.25, 0.3) is 0 Å². The van der Waals surface area contributed by atoms with Gasteiger partial charge in [0.15, 0.2) is 0 Å². The lowest BCUT2D eigenvalue weighted by Crippen LogP contribution is -2.17. The molecule has 0 atom stereocenters. The van der Waals surface area contributed by atoms with Gasteiger partial charge in [0.1, 0.15) is 5.76 Å². The topological polar surface area (TPSA) is 81.1 Å². The van der Waals surface area contributed by atoms with Crippen LogP contribution in [0.4, 0.5) is 5.95 Å². The molecule has 0 unspecified atom stereocenters.